The van der Waals surface area contributed by atoms with Crippen molar-refractivity contribution >= 4 is 10.4 Å². The van der Waals surface area contributed by atoms with Crippen LogP contribution >= 0.6 is 0 Å². The van der Waals surface area contributed by atoms with E-state index in [-0.39, 0.29) is 0 Å². The number of piperidine rings is 1. The van der Waals surface area contributed by atoms with Crippen molar-refractivity contribution in [3.63, 3.8) is 0 Å². The van der Waals surface area contributed by atoms with Crippen LogP contribution in [0, 0.1) is 11.3 Å². The van der Waals surface area contributed by atoms with E-state index in [0.29, 0.717) is 5.92 Å². The van der Waals surface area contributed by atoms with Gasteiger partial charge in [0, 0.05) is 0 Å². The minimum absolute atomic E-state index is 0.652. The first-order chi connectivity index (χ1) is 4.84. The summed E-state index contributed by atoms with van der Waals surface area (Å²) in [6.45, 7) is 2.22. The summed E-state index contributed by atoms with van der Waals surface area (Å²) in [6.07, 6.45) is 3.86. The van der Waals surface area contributed by atoms with Gasteiger partial charge in [0.2, 0.25) is 0 Å². The van der Waals surface area contributed by atoms with Crippen molar-refractivity contribution in [1.29, 1.82) is 5.41 Å². The van der Waals surface area contributed by atoms with Gasteiger partial charge in [0.05, 0.1) is 0 Å². The predicted octanol–water partition coefficient (Wildman–Crippen LogP) is 0.355. The second-order valence-electron chi connectivity index (χ2n) is 2.59. The van der Waals surface area contributed by atoms with Crippen LogP contribution in [0.3, 0.4) is 0 Å². The number of hydrogen-bond donors (Lipinski definition) is 2. The van der Waals surface area contributed by atoms with Gasteiger partial charge in [-0.25, -0.2) is 0 Å². The van der Waals surface area contributed by atoms with Crippen LogP contribution in [0.4, 0.5) is 0 Å². The Morgan fingerprint density at radius 2 is 2.10 bits per heavy atom. The van der Waals surface area contributed by atoms with Gasteiger partial charge in [-0.15, -0.1) is 0 Å². The van der Waals surface area contributed by atoms with E-state index in [2.05, 4.69) is 22.3 Å². The SMILES string of the molecule is N=C[C](=[V])C1CCNCC1. The molecule has 1 fully saturated rings. The third-order valence-electron chi connectivity index (χ3n) is 1.91. The molecule has 0 bridgehead atoms. The van der Waals surface area contributed by atoms with Gasteiger partial charge in [0.15, 0.2) is 0 Å². The molecule has 1 rings (SSSR count). The van der Waals surface area contributed by atoms with Crippen LogP contribution in [0.1, 0.15) is 12.8 Å². The fourth-order valence-corrected chi connectivity index (χ4v) is 1.64. The summed E-state index contributed by atoms with van der Waals surface area (Å²) in [4.78, 5) is 0. The second kappa shape index (κ2) is 4.07. The molecule has 0 aromatic rings. The zero-order chi connectivity index (χ0) is 7.40. The van der Waals surface area contributed by atoms with E-state index < -0.39 is 0 Å². The van der Waals surface area contributed by atoms with Crippen molar-refractivity contribution < 1.29 is 17.0 Å². The van der Waals surface area contributed by atoms with Crippen LogP contribution in [0.2, 0.25) is 0 Å². The average Bonchev–Trinajstić information content (AvgIpc) is 2.05. The number of nitrogens with one attached hydrogen (secondary N) is 2. The van der Waals surface area contributed by atoms with E-state index in [1.165, 1.54) is 23.3 Å². The van der Waals surface area contributed by atoms with Crippen LogP contribution in [0.25, 0.3) is 0 Å². The summed E-state index contributed by atoms with van der Waals surface area (Å²) in [5, 5.41) is 10.3. The first-order valence-corrected chi connectivity index (χ1v) is 4.31. The molecule has 0 aliphatic carbocycles. The van der Waals surface area contributed by atoms with Gasteiger partial charge in [-0.3, -0.25) is 0 Å². The van der Waals surface area contributed by atoms with E-state index in [0.717, 1.165) is 13.1 Å². The summed E-state index contributed by atoms with van der Waals surface area (Å²) in [5.74, 6) is 0.652. The normalized spacial score (nSPS) is 20.3. The average molecular weight is 175 g/mol. The Hall–Kier alpha value is 0.0844. The molecule has 0 saturated carbocycles. The predicted molar refractivity (Wildman–Crippen MR) is 39.4 cm³/mol. The molecule has 0 unspecified atom stereocenters. The Labute approximate surface area is 70.4 Å². The first kappa shape index (κ1) is 8.18. The van der Waals surface area contributed by atoms with Gasteiger partial charge in [-0.2, -0.15) is 0 Å². The van der Waals surface area contributed by atoms with E-state index in [9.17, 15) is 0 Å². The first-order valence-electron chi connectivity index (χ1n) is 3.61. The fourth-order valence-electron chi connectivity index (χ4n) is 1.24. The molecule has 0 atom stereocenters. The van der Waals surface area contributed by atoms with Crippen LogP contribution < -0.4 is 5.32 Å². The second-order valence-corrected chi connectivity index (χ2v) is 3.40. The quantitative estimate of drug-likeness (QED) is 0.584. The Morgan fingerprint density at radius 3 is 2.60 bits per heavy atom. The standard InChI is InChI=1S/C7H12N2.V/c8-4-1-7-2-5-9-6-3-7;/h4,7-9H,2-3,5-6H2;. The van der Waals surface area contributed by atoms with Crippen molar-refractivity contribution in [2.75, 3.05) is 13.1 Å². The molecule has 3 heteroatoms. The molecule has 0 amide bonds. The van der Waals surface area contributed by atoms with Crippen molar-refractivity contribution in [2.45, 2.75) is 12.8 Å². The van der Waals surface area contributed by atoms with Crippen molar-refractivity contribution in [2.24, 2.45) is 5.92 Å². The molecule has 0 spiro atoms. The summed E-state index contributed by atoms with van der Waals surface area (Å²) in [5.41, 5.74) is 0. The molecule has 55 valence electrons. The molecular formula is C7H12N2V. The Bertz CT molecular complexity index is 139. The summed E-state index contributed by atoms with van der Waals surface area (Å²) >= 11 is 2.50. The third-order valence-corrected chi connectivity index (χ3v) is 2.68. The van der Waals surface area contributed by atoms with Crippen LogP contribution in [-0.4, -0.2) is 23.5 Å². The van der Waals surface area contributed by atoms with Crippen LogP contribution in [0.5, 0.6) is 0 Å². The molecule has 1 heterocycles. The molecule has 10 heavy (non-hydrogen) atoms. The van der Waals surface area contributed by atoms with Gasteiger partial charge in [-0.05, 0) is 0 Å². The van der Waals surface area contributed by atoms with Gasteiger partial charge in [-0.1, -0.05) is 0 Å². The number of rotatable bonds is 2. The van der Waals surface area contributed by atoms with Gasteiger partial charge in [0.1, 0.15) is 0 Å². The molecule has 1 aliphatic rings. The third kappa shape index (κ3) is 2.05. The maximum atomic E-state index is 7.05. The maximum absolute atomic E-state index is 7.05. The molecule has 2 nitrogen and oxygen atoms in total. The van der Waals surface area contributed by atoms with E-state index in [1.807, 2.05) is 0 Å². The van der Waals surface area contributed by atoms with E-state index in [4.69, 9.17) is 5.41 Å². The van der Waals surface area contributed by atoms with Gasteiger partial charge < -0.3 is 0 Å². The Morgan fingerprint density at radius 1 is 1.50 bits per heavy atom. The topological polar surface area (TPSA) is 35.9 Å². The monoisotopic (exact) mass is 175 g/mol. The van der Waals surface area contributed by atoms with Crippen molar-refractivity contribution in [3.05, 3.63) is 0 Å². The molecule has 0 radical (unpaired) electrons. The summed E-state index contributed by atoms with van der Waals surface area (Å²) in [7, 11) is 0. The van der Waals surface area contributed by atoms with Gasteiger partial charge >= 0.3 is 70.0 Å². The molecular weight excluding hydrogens is 163 g/mol. The molecule has 1 aliphatic heterocycles. The minimum atomic E-state index is 0.652. The van der Waals surface area contributed by atoms with E-state index >= 15 is 0 Å². The van der Waals surface area contributed by atoms with Crippen LogP contribution in [-0.2, 0) is 17.0 Å². The molecule has 0 aromatic heterocycles. The number of hydrogen-bond acceptors (Lipinski definition) is 2. The van der Waals surface area contributed by atoms with Gasteiger partial charge in [0.25, 0.3) is 0 Å². The fraction of sp³-hybridized carbons (Fsp3) is 0.714. The summed E-state index contributed by atoms with van der Waals surface area (Å²) < 4.78 is 1.18. The molecule has 0 aromatic carbocycles. The van der Waals surface area contributed by atoms with Crippen molar-refractivity contribution in [3.8, 4) is 0 Å². The molecule has 1 saturated heterocycles. The Kier molecular flexibility index (Phi) is 3.33. The Balaban J connectivity index is 2.38. The zero-order valence-electron chi connectivity index (χ0n) is 5.93. The van der Waals surface area contributed by atoms with E-state index in [1.54, 1.807) is 0 Å². The van der Waals surface area contributed by atoms with Crippen LogP contribution in [0.15, 0.2) is 0 Å². The van der Waals surface area contributed by atoms with Crippen molar-refractivity contribution in [1.82, 2.24) is 5.32 Å². The summed E-state index contributed by atoms with van der Waals surface area (Å²) in [6, 6.07) is 0. The molecule has 2 N–H and O–H groups in total. The zero-order valence-corrected chi connectivity index (χ0v) is 7.33.